The largest absolute Gasteiger partial charge is 0.496 e. The molecular weight excluding hydrogens is 434 g/mol. The Morgan fingerprint density at radius 3 is 2.23 bits per heavy atom. The minimum Gasteiger partial charge on any atom is -0.496 e. The molecule has 0 aliphatic rings. The Bertz CT molecular complexity index is 1060. The number of rotatable bonds is 12. The van der Waals surface area contributed by atoms with Crippen LogP contribution in [0.15, 0.2) is 78.9 Å². The monoisotopic (exact) mass is 473 g/mol. The maximum absolute atomic E-state index is 13.1. The maximum Gasteiger partial charge on any atom is 0.220 e. The van der Waals surface area contributed by atoms with E-state index in [-0.39, 0.29) is 23.3 Å². The van der Waals surface area contributed by atoms with Gasteiger partial charge in [0.25, 0.3) is 0 Å². The van der Waals surface area contributed by atoms with Crippen molar-refractivity contribution in [2.24, 2.45) is 0 Å². The van der Waals surface area contributed by atoms with Crippen LogP contribution in [0, 0.1) is 0 Å². The lowest BCUT2D eigenvalue weighted by atomic mass is 9.77. The Balaban J connectivity index is 1.74. The van der Waals surface area contributed by atoms with Gasteiger partial charge in [0, 0.05) is 24.4 Å². The van der Waals surface area contributed by atoms with Crippen molar-refractivity contribution in [3.63, 3.8) is 0 Å². The summed E-state index contributed by atoms with van der Waals surface area (Å²) in [4.78, 5) is 13.1. The minimum absolute atomic E-state index is 0.0306. The zero-order valence-electron chi connectivity index (χ0n) is 21.7. The molecule has 0 fully saturated rings. The number of methoxy groups -OCH3 is 1. The van der Waals surface area contributed by atoms with E-state index in [9.17, 15) is 4.79 Å². The molecule has 0 saturated heterocycles. The van der Waals surface area contributed by atoms with E-state index in [2.05, 4.69) is 43.4 Å². The fourth-order valence-electron chi connectivity index (χ4n) is 4.51. The molecule has 1 N–H and O–H groups in total. The molecule has 2 atom stereocenters. The van der Waals surface area contributed by atoms with Gasteiger partial charge in [0.1, 0.15) is 11.5 Å². The van der Waals surface area contributed by atoms with E-state index in [1.807, 2.05) is 68.4 Å². The molecule has 0 aliphatic heterocycles. The highest BCUT2D eigenvalue weighted by molar-refractivity contribution is 5.77. The fourth-order valence-corrected chi connectivity index (χ4v) is 4.51. The van der Waals surface area contributed by atoms with Crippen LogP contribution in [0.3, 0.4) is 0 Å². The smallest absolute Gasteiger partial charge is 0.220 e. The zero-order chi connectivity index (χ0) is 25.3. The maximum atomic E-state index is 13.1. The predicted octanol–water partition coefficient (Wildman–Crippen LogP) is 6.88. The highest BCUT2D eigenvalue weighted by atomic mass is 16.5. The second kappa shape index (κ2) is 12.4. The van der Waals surface area contributed by atoms with Gasteiger partial charge in [0.15, 0.2) is 0 Å². The molecule has 0 radical (unpaired) electrons. The van der Waals surface area contributed by atoms with Crippen molar-refractivity contribution in [3.05, 3.63) is 95.6 Å². The quantitative estimate of drug-likeness (QED) is 0.312. The highest BCUT2D eigenvalue weighted by Crippen LogP contribution is 2.35. The first kappa shape index (κ1) is 26.3. The first-order valence-electron chi connectivity index (χ1n) is 12.6. The van der Waals surface area contributed by atoms with Crippen LogP contribution in [0.5, 0.6) is 11.5 Å². The van der Waals surface area contributed by atoms with E-state index in [0.29, 0.717) is 13.0 Å². The number of hydrogen-bond acceptors (Lipinski definition) is 3. The molecule has 0 heterocycles. The van der Waals surface area contributed by atoms with Crippen molar-refractivity contribution in [2.45, 2.75) is 64.4 Å². The number of hydrogen-bond donors (Lipinski definition) is 1. The summed E-state index contributed by atoms with van der Waals surface area (Å²) in [5.74, 6) is 1.53. The van der Waals surface area contributed by atoms with Crippen LogP contribution in [0.1, 0.15) is 69.6 Å². The summed E-state index contributed by atoms with van der Waals surface area (Å²) in [6.45, 7) is 9.14. The minimum atomic E-state index is -0.120. The van der Waals surface area contributed by atoms with Crippen molar-refractivity contribution in [1.29, 1.82) is 0 Å². The van der Waals surface area contributed by atoms with Crippen LogP contribution >= 0.6 is 0 Å². The Morgan fingerprint density at radius 1 is 0.943 bits per heavy atom. The van der Waals surface area contributed by atoms with Crippen molar-refractivity contribution >= 4 is 5.91 Å². The number of ether oxygens (including phenoxy) is 2. The molecule has 35 heavy (non-hydrogen) atoms. The topological polar surface area (TPSA) is 47.6 Å². The van der Waals surface area contributed by atoms with E-state index in [1.165, 1.54) is 5.56 Å². The average molecular weight is 474 g/mol. The van der Waals surface area contributed by atoms with Gasteiger partial charge >= 0.3 is 0 Å². The summed E-state index contributed by atoms with van der Waals surface area (Å²) in [6.07, 6.45) is 2.36. The van der Waals surface area contributed by atoms with Crippen molar-refractivity contribution in [3.8, 4) is 11.5 Å². The highest BCUT2D eigenvalue weighted by Gasteiger charge is 2.25. The summed E-state index contributed by atoms with van der Waals surface area (Å²) >= 11 is 0. The number of benzene rings is 3. The van der Waals surface area contributed by atoms with Crippen molar-refractivity contribution < 1.29 is 14.3 Å². The van der Waals surface area contributed by atoms with Crippen LogP contribution in [0.4, 0.5) is 0 Å². The second-order valence-electron chi connectivity index (χ2n) is 9.61. The van der Waals surface area contributed by atoms with Crippen LogP contribution in [-0.2, 0) is 10.2 Å². The van der Waals surface area contributed by atoms with Crippen LogP contribution in [0.25, 0.3) is 0 Å². The standard InChI is InChI=1S/C31H39NO3/c1-6-31(4,25-12-8-7-9-13-25)20-21-32-30(33)22-28(27-14-10-11-15-29(27)34-5)24-16-18-26(19-17-24)35-23(2)3/h7-19,23,28H,6,20-22H2,1-5H3,(H,32,33)/t28-,31+/m0/s1. The van der Waals surface area contributed by atoms with E-state index >= 15 is 0 Å². The first-order chi connectivity index (χ1) is 16.9. The summed E-state index contributed by atoms with van der Waals surface area (Å²) in [7, 11) is 1.67. The van der Waals surface area contributed by atoms with Gasteiger partial charge in [-0.1, -0.05) is 74.5 Å². The molecule has 3 aromatic rings. The van der Waals surface area contributed by atoms with Crippen molar-refractivity contribution in [2.75, 3.05) is 13.7 Å². The summed E-state index contributed by atoms with van der Waals surface area (Å²) < 4.78 is 11.4. The van der Waals surface area contributed by atoms with Gasteiger partial charge in [-0.3, -0.25) is 4.79 Å². The molecule has 0 aromatic heterocycles. The van der Waals surface area contributed by atoms with E-state index in [0.717, 1.165) is 35.5 Å². The Kier molecular flexibility index (Phi) is 9.36. The number of nitrogens with one attached hydrogen (secondary N) is 1. The molecule has 1 amide bonds. The Labute approximate surface area is 210 Å². The van der Waals surface area contributed by atoms with Gasteiger partial charge in [-0.05, 0) is 61.4 Å². The molecule has 0 aliphatic carbocycles. The van der Waals surface area contributed by atoms with Crippen LogP contribution < -0.4 is 14.8 Å². The lowest BCUT2D eigenvalue weighted by Gasteiger charge is -2.29. The SMILES string of the molecule is CC[C@](C)(CCNC(=O)C[C@@H](c1ccc(OC(C)C)cc1)c1ccccc1OC)c1ccccc1. The van der Waals surface area contributed by atoms with E-state index < -0.39 is 0 Å². The number of para-hydroxylation sites is 1. The molecule has 0 spiro atoms. The molecule has 0 unspecified atom stereocenters. The Morgan fingerprint density at radius 2 is 1.60 bits per heavy atom. The lowest BCUT2D eigenvalue weighted by Crippen LogP contribution is -2.32. The molecule has 3 aromatic carbocycles. The lowest BCUT2D eigenvalue weighted by molar-refractivity contribution is -0.121. The fraction of sp³-hybridized carbons (Fsp3) is 0.387. The molecule has 3 rings (SSSR count). The van der Waals surface area contributed by atoms with Crippen LogP contribution in [-0.4, -0.2) is 25.7 Å². The van der Waals surface area contributed by atoms with Crippen LogP contribution in [0.2, 0.25) is 0 Å². The van der Waals surface area contributed by atoms with Gasteiger partial charge in [-0.25, -0.2) is 0 Å². The third kappa shape index (κ3) is 7.11. The third-order valence-electron chi connectivity index (χ3n) is 6.81. The Hall–Kier alpha value is -3.27. The number of carbonyl (C=O) groups is 1. The number of amides is 1. The van der Waals surface area contributed by atoms with Crippen molar-refractivity contribution in [1.82, 2.24) is 5.32 Å². The second-order valence-corrected chi connectivity index (χ2v) is 9.61. The number of carbonyl (C=O) groups excluding carboxylic acids is 1. The van der Waals surface area contributed by atoms with Gasteiger partial charge in [-0.2, -0.15) is 0 Å². The molecule has 4 heteroatoms. The zero-order valence-corrected chi connectivity index (χ0v) is 21.7. The summed E-state index contributed by atoms with van der Waals surface area (Å²) in [5, 5.41) is 3.18. The van der Waals surface area contributed by atoms with Gasteiger partial charge in [0.05, 0.1) is 13.2 Å². The molecule has 0 bridgehead atoms. The molecule has 4 nitrogen and oxygen atoms in total. The molecule has 0 saturated carbocycles. The average Bonchev–Trinajstić information content (AvgIpc) is 2.88. The van der Waals surface area contributed by atoms with E-state index in [1.54, 1.807) is 7.11 Å². The van der Waals surface area contributed by atoms with Gasteiger partial charge < -0.3 is 14.8 Å². The van der Waals surface area contributed by atoms with Gasteiger partial charge in [0.2, 0.25) is 5.91 Å². The van der Waals surface area contributed by atoms with E-state index in [4.69, 9.17) is 9.47 Å². The normalized spacial score (nSPS) is 13.7. The van der Waals surface area contributed by atoms with Gasteiger partial charge in [-0.15, -0.1) is 0 Å². The molecule has 186 valence electrons. The summed E-state index contributed by atoms with van der Waals surface area (Å²) in [5.41, 5.74) is 3.41. The summed E-state index contributed by atoms with van der Waals surface area (Å²) in [6, 6.07) is 26.5. The first-order valence-corrected chi connectivity index (χ1v) is 12.6. The molecular formula is C31H39NO3. The predicted molar refractivity (Wildman–Crippen MR) is 143 cm³/mol. The third-order valence-corrected chi connectivity index (χ3v) is 6.81.